The minimum atomic E-state index is -0.643. The Bertz CT molecular complexity index is 694. The molecule has 3 rings (SSSR count). The van der Waals surface area contributed by atoms with E-state index in [2.05, 4.69) is 19.2 Å². The van der Waals surface area contributed by atoms with Crippen molar-refractivity contribution < 1.29 is 19.1 Å². The van der Waals surface area contributed by atoms with Crippen LogP contribution in [-0.4, -0.2) is 30.8 Å². The van der Waals surface area contributed by atoms with Crippen molar-refractivity contribution >= 4 is 11.9 Å². The van der Waals surface area contributed by atoms with Crippen molar-refractivity contribution in [2.45, 2.75) is 72.1 Å². The first kappa shape index (κ1) is 19.2. The quantitative estimate of drug-likeness (QED) is 0.617. The number of hydrogen-bond acceptors (Lipinski definition) is 4. The summed E-state index contributed by atoms with van der Waals surface area (Å²) in [5.41, 5.74) is 1.85. The highest BCUT2D eigenvalue weighted by molar-refractivity contribution is 5.97. The highest BCUT2D eigenvalue weighted by Crippen LogP contribution is 2.59. The van der Waals surface area contributed by atoms with E-state index in [1.165, 1.54) is 0 Å². The highest BCUT2D eigenvalue weighted by Gasteiger charge is 2.58. The molecule has 5 atom stereocenters. The smallest absolute Gasteiger partial charge is 0.333 e. The minimum Gasteiger partial charge on any atom is -0.459 e. The molecule has 2 saturated carbocycles. The molecule has 144 valence electrons. The zero-order valence-corrected chi connectivity index (χ0v) is 16.8. The van der Waals surface area contributed by atoms with Crippen LogP contribution in [0, 0.1) is 17.3 Å². The molecule has 0 unspecified atom stereocenters. The van der Waals surface area contributed by atoms with Gasteiger partial charge in [-0.15, -0.1) is 0 Å². The van der Waals surface area contributed by atoms with Crippen LogP contribution in [0.3, 0.4) is 0 Å². The third kappa shape index (κ3) is 2.72. The van der Waals surface area contributed by atoms with E-state index in [1.807, 2.05) is 13.8 Å². The lowest BCUT2D eigenvalue weighted by Crippen LogP contribution is -2.58. The van der Waals surface area contributed by atoms with E-state index in [-0.39, 0.29) is 29.3 Å². The maximum atomic E-state index is 12.3. The average molecular weight is 361 g/mol. The van der Waals surface area contributed by atoms with Crippen LogP contribution in [-0.2, 0) is 19.1 Å². The fourth-order valence-corrected chi connectivity index (χ4v) is 5.12. The van der Waals surface area contributed by atoms with E-state index < -0.39 is 5.72 Å². The maximum absolute atomic E-state index is 12.3. The molecule has 5 nitrogen and oxygen atoms in total. The Kier molecular flexibility index (Phi) is 4.80. The largest absolute Gasteiger partial charge is 0.459 e. The van der Waals surface area contributed by atoms with Crippen molar-refractivity contribution in [3.63, 3.8) is 0 Å². The molecular formula is C21H31NO4. The van der Waals surface area contributed by atoms with E-state index in [0.29, 0.717) is 11.5 Å². The SMILES string of the molecule is C/C=C(/C)C(=O)O[C@H]1CC[C@@H]2C[C@]3(OC)NC(=O)C(C)=C3C[C@]2(C)[C@H]1C. The predicted octanol–water partition coefficient (Wildman–Crippen LogP) is 3.50. The molecule has 26 heavy (non-hydrogen) atoms. The van der Waals surface area contributed by atoms with E-state index in [1.54, 1.807) is 20.1 Å². The Labute approximate surface area is 156 Å². The molecule has 0 radical (unpaired) electrons. The Morgan fingerprint density at radius 2 is 2.04 bits per heavy atom. The third-order valence-electron chi connectivity index (χ3n) is 7.38. The van der Waals surface area contributed by atoms with Gasteiger partial charge in [-0.2, -0.15) is 0 Å². The van der Waals surface area contributed by atoms with Crippen LogP contribution in [0.5, 0.6) is 0 Å². The van der Waals surface area contributed by atoms with E-state index in [4.69, 9.17) is 9.47 Å². The fraction of sp³-hybridized carbons (Fsp3) is 0.714. The van der Waals surface area contributed by atoms with Crippen LogP contribution in [0.25, 0.3) is 0 Å². The molecule has 1 aliphatic heterocycles. The number of esters is 1. The van der Waals surface area contributed by atoms with Gasteiger partial charge in [0.15, 0.2) is 5.72 Å². The van der Waals surface area contributed by atoms with Gasteiger partial charge in [0, 0.05) is 24.7 Å². The Morgan fingerprint density at radius 1 is 1.35 bits per heavy atom. The summed E-state index contributed by atoms with van der Waals surface area (Å²) in [5, 5.41) is 3.07. The number of fused-ring (bicyclic) bond motifs is 2. The second kappa shape index (κ2) is 6.52. The minimum absolute atomic E-state index is 0.0159. The number of ether oxygens (including phenoxy) is 2. The monoisotopic (exact) mass is 361 g/mol. The molecule has 0 bridgehead atoms. The van der Waals surface area contributed by atoms with Crippen molar-refractivity contribution in [2.24, 2.45) is 17.3 Å². The van der Waals surface area contributed by atoms with Crippen LogP contribution < -0.4 is 5.32 Å². The predicted molar refractivity (Wildman–Crippen MR) is 99.1 cm³/mol. The summed E-state index contributed by atoms with van der Waals surface area (Å²) in [6, 6.07) is 0. The van der Waals surface area contributed by atoms with Gasteiger partial charge in [0.05, 0.1) is 0 Å². The molecule has 2 aliphatic carbocycles. The number of carbonyl (C=O) groups excluding carboxylic acids is 2. The molecule has 3 aliphatic rings. The Morgan fingerprint density at radius 3 is 2.65 bits per heavy atom. The van der Waals surface area contributed by atoms with Crippen molar-refractivity contribution in [2.75, 3.05) is 7.11 Å². The molecule has 0 spiro atoms. The van der Waals surface area contributed by atoms with Crippen molar-refractivity contribution in [1.29, 1.82) is 0 Å². The number of amides is 1. The summed E-state index contributed by atoms with van der Waals surface area (Å²) in [6.07, 6.45) is 5.12. The molecule has 2 fully saturated rings. The number of nitrogens with one attached hydrogen (secondary N) is 1. The molecule has 1 heterocycles. The molecule has 0 aromatic heterocycles. The van der Waals surface area contributed by atoms with Gasteiger partial charge in [-0.05, 0) is 62.9 Å². The average Bonchev–Trinajstić information content (AvgIpc) is 2.86. The van der Waals surface area contributed by atoms with Gasteiger partial charge in [-0.25, -0.2) is 4.79 Å². The van der Waals surface area contributed by atoms with Crippen molar-refractivity contribution in [1.82, 2.24) is 5.32 Å². The zero-order valence-electron chi connectivity index (χ0n) is 16.8. The number of carbonyl (C=O) groups is 2. The first-order valence-corrected chi connectivity index (χ1v) is 9.60. The lowest BCUT2D eigenvalue weighted by molar-refractivity contribution is -0.163. The van der Waals surface area contributed by atoms with E-state index in [9.17, 15) is 9.59 Å². The third-order valence-corrected chi connectivity index (χ3v) is 7.38. The van der Waals surface area contributed by atoms with Gasteiger partial charge < -0.3 is 14.8 Å². The van der Waals surface area contributed by atoms with Gasteiger partial charge in [0.25, 0.3) is 0 Å². The Balaban J connectivity index is 1.87. The van der Waals surface area contributed by atoms with Crippen molar-refractivity contribution in [3.05, 3.63) is 22.8 Å². The Hall–Kier alpha value is -1.62. The van der Waals surface area contributed by atoms with Crippen LogP contribution in [0.15, 0.2) is 22.8 Å². The number of allylic oxidation sites excluding steroid dienone is 1. The van der Waals surface area contributed by atoms with Gasteiger partial charge in [0.2, 0.25) is 5.91 Å². The zero-order chi connectivity index (χ0) is 19.3. The summed E-state index contributed by atoms with van der Waals surface area (Å²) in [5.74, 6) is 0.399. The second-order valence-corrected chi connectivity index (χ2v) is 8.45. The fourth-order valence-electron chi connectivity index (χ4n) is 5.12. The first-order chi connectivity index (χ1) is 12.2. The van der Waals surface area contributed by atoms with Crippen molar-refractivity contribution in [3.8, 4) is 0 Å². The van der Waals surface area contributed by atoms with E-state index in [0.717, 1.165) is 36.8 Å². The molecule has 5 heteroatoms. The number of rotatable bonds is 3. The lowest BCUT2D eigenvalue weighted by Gasteiger charge is -2.56. The second-order valence-electron chi connectivity index (χ2n) is 8.45. The molecule has 0 aromatic carbocycles. The standard InChI is InChI=1S/C21H31NO4/c1-7-12(2)19(24)26-17-9-8-15-10-21(25-6)16(13(3)18(23)22-21)11-20(15,5)14(17)4/h7,14-15,17H,8-11H2,1-6H3,(H,22,23)/b12-7-/t14-,15+,17-,20+,21+/m0/s1. The van der Waals surface area contributed by atoms with Gasteiger partial charge >= 0.3 is 5.97 Å². The van der Waals surface area contributed by atoms with Gasteiger partial charge in [-0.1, -0.05) is 19.9 Å². The summed E-state index contributed by atoms with van der Waals surface area (Å²) in [7, 11) is 1.68. The van der Waals surface area contributed by atoms with Crippen LogP contribution in [0.2, 0.25) is 0 Å². The highest BCUT2D eigenvalue weighted by atomic mass is 16.5. The molecule has 0 aromatic rings. The summed E-state index contributed by atoms with van der Waals surface area (Å²) >= 11 is 0. The normalized spacial score (nSPS) is 40.0. The molecule has 0 saturated heterocycles. The topological polar surface area (TPSA) is 64.6 Å². The maximum Gasteiger partial charge on any atom is 0.333 e. The summed E-state index contributed by atoms with van der Waals surface area (Å²) in [4.78, 5) is 24.5. The lowest BCUT2D eigenvalue weighted by atomic mass is 9.52. The first-order valence-electron chi connectivity index (χ1n) is 9.60. The van der Waals surface area contributed by atoms with Crippen LogP contribution >= 0.6 is 0 Å². The molecular weight excluding hydrogens is 330 g/mol. The van der Waals surface area contributed by atoms with Gasteiger partial charge in [0.1, 0.15) is 6.10 Å². The van der Waals surface area contributed by atoms with Crippen LogP contribution in [0.4, 0.5) is 0 Å². The van der Waals surface area contributed by atoms with E-state index >= 15 is 0 Å². The summed E-state index contributed by atoms with van der Waals surface area (Å²) < 4.78 is 11.7. The number of methoxy groups -OCH3 is 1. The molecule has 1 N–H and O–H groups in total. The van der Waals surface area contributed by atoms with Gasteiger partial charge in [-0.3, -0.25) is 4.79 Å². The van der Waals surface area contributed by atoms with Crippen LogP contribution in [0.1, 0.15) is 60.3 Å². The molecule has 1 amide bonds. The number of hydrogen-bond donors (Lipinski definition) is 1. The summed E-state index contributed by atoms with van der Waals surface area (Å²) in [6.45, 7) is 10.00.